The van der Waals surface area contributed by atoms with Gasteiger partial charge in [-0.2, -0.15) is 0 Å². The Hall–Kier alpha value is -2.96. The van der Waals surface area contributed by atoms with Gasteiger partial charge >= 0.3 is 0 Å². The number of carbonyl (C=O) groups is 2. The lowest BCUT2D eigenvalue weighted by Gasteiger charge is -2.19. The van der Waals surface area contributed by atoms with Gasteiger partial charge in [-0.25, -0.2) is 8.78 Å². The van der Waals surface area contributed by atoms with Crippen molar-refractivity contribution in [3.05, 3.63) is 59.7 Å². The fraction of sp³-hybridized carbons (Fsp3) is 0.391. The Kier molecular flexibility index (Phi) is 7.38. The maximum Gasteiger partial charge on any atom is 0.226 e. The molecule has 0 radical (unpaired) electrons. The Labute approximate surface area is 175 Å². The number of nitrogens with zero attached hydrogens (tertiary/aromatic N) is 1. The molecule has 0 bridgehead atoms. The van der Waals surface area contributed by atoms with Gasteiger partial charge in [0.2, 0.25) is 11.8 Å². The van der Waals surface area contributed by atoms with Crippen LogP contribution >= 0.6 is 0 Å². The average molecular weight is 415 g/mol. The topological polar surface area (TPSA) is 61.4 Å². The number of nitrogens with one attached hydrogen (secondary N) is 2. The minimum absolute atomic E-state index is 0.134. The van der Waals surface area contributed by atoms with E-state index in [2.05, 4.69) is 15.5 Å². The summed E-state index contributed by atoms with van der Waals surface area (Å²) in [4.78, 5) is 26.7. The number of rotatable bonds is 8. The average Bonchev–Trinajstić information content (AvgIpc) is 3.24. The number of halogens is 2. The third-order valence-electron chi connectivity index (χ3n) is 5.12. The molecule has 0 saturated carbocycles. The van der Waals surface area contributed by atoms with Crippen molar-refractivity contribution in [2.45, 2.75) is 45.1 Å². The second kappa shape index (κ2) is 10.2. The van der Waals surface area contributed by atoms with Crippen molar-refractivity contribution >= 4 is 23.2 Å². The number of carbonyl (C=O) groups excluding carboxylic acids is 2. The van der Waals surface area contributed by atoms with Crippen molar-refractivity contribution in [2.75, 3.05) is 23.3 Å². The highest BCUT2D eigenvalue weighted by Crippen LogP contribution is 2.23. The van der Waals surface area contributed by atoms with Crippen LogP contribution in [0.1, 0.15) is 38.2 Å². The van der Waals surface area contributed by atoms with E-state index in [0.717, 1.165) is 36.6 Å². The van der Waals surface area contributed by atoms with Crippen LogP contribution in [0.25, 0.3) is 0 Å². The molecule has 0 spiro atoms. The number of aryl methyl sites for hydroxylation is 1. The van der Waals surface area contributed by atoms with E-state index in [1.807, 2.05) is 24.3 Å². The van der Waals surface area contributed by atoms with Crippen LogP contribution in [0.3, 0.4) is 0 Å². The summed E-state index contributed by atoms with van der Waals surface area (Å²) < 4.78 is 26.2. The van der Waals surface area contributed by atoms with Crippen LogP contribution in [0, 0.1) is 11.6 Å². The van der Waals surface area contributed by atoms with E-state index in [-0.39, 0.29) is 30.7 Å². The van der Waals surface area contributed by atoms with E-state index in [4.69, 9.17) is 0 Å². The van der Waals surface area contributed by atoms with Gasteiger partial charge in [-0.05, 0) is 62.1 Å². The third-order valence-corrected chi connectivity index (χ3v) is 5.12. The molecule has 1 fully saturated rings. The van der Waals surface area contributed by atoms with Gasteiger partial charge in [-0.1, -0.05) is 12.1 Å². The molecule has 2 amide bonds. The Morgan fingerprint density at radius 2 is 1.80 bits per heavy atom. The first-order valence-corrected chi connectivity index (χ1v) is 10.3. The first kappa shape index (κ1) is 21.7. The number of hydrogen-bond donors (Lipinski definition) is 2. The summed E-state index contributed by atoms with van der Waals surface area (Å²) in [6.45, 7) is 3.83. The van der Waals surface area contributed by atoms with Crippen LogP contribution in [0.15, 0.2) is 42.5 Å². The highest BCUT2D eigenvalue weighted by molar-refractivity contribution is 5.92. The molecule has 1 atom stereocenters. The van der Waals surface area contributed by atoms with Gasteiger partial charge in [0.1, 0.15) is 0 Å². The lowest BCUT2D eigenvalue weighted by Crippen LogP contribution is -2.35. The number of amides is 2. The van der Waals surface area contributed by atoms with Gasteiger partial charge in [-0.3, -0.25) is 9.59 Å². The predicted octanol–water partition coefficient (Wildman–Crippen LogP) is 4.03. The normalized spacial score (nSPS) is 14.4. The van der Waals surface area contributed by atoms with E-state index in [1.54, 1.807) is 6.92 Å². The molecule has 0 aliphatic carbocycles. The number of hydrogen-bond acceptors (Lipinski definition) is 3. The largest absolute Gasteiger partial charge is 0.371 e. The summed E-state index contributed by atoms with van der Waals surface area (Å²) in [7, 11) is 0. The van der Waals surface area contributed by atoms with Crippen molar-refractivity contribution in [2.24, 2.45) is 0 Å². The quantitative estimate of drug-likeness (QED) is 0.684. The summed E-state index contributed by atoms with van der Waals surface area (Å²) in [5.41, 5.74) is 2.39. The van der Waals surface area contributed by atoms with E-state index < -0.39 is 11.6 Å². The summed E-state index contributed by atoms with van der Waals surface area (Å²) in [5.74, 6) is -2.25. The molecule has 0 aromatic heterocycles. The maximum atomic E-state index is 13.2. The van der Waals surface area contributed by atoms with Crippen LogP contribution in [-0.4, -0.2) is 30.9 Å². The van der Waals surface area contributed by atoms with Crippen molar-refractivity contribution < 1.29 is 18.4 Å². The summed E-state index contributed by atoms with van der Waals surface area (Å²) in [5, 5.41) is 5.66. The summed E-state index contributed by atoms with van der Waals surface area (Å²) in [6, 6.07) is 11.0. The minimum atomic E-state index is -0.924. The zero-order valence-corrected chi connectivity index (χ0v) is 17.1. The molecule has 30 heavy (non-hydrogen) atoms. The standard InChI is InChI=1S/C23H27F2N3O2/c1-16(26-22(29)10-8-17-7-9-20(24)21(25)14-17)13-23(30)27-18-5-4-6-19(15-18)28-11-2-3-12-28/h4-7,9,14-16H,2-3,8,10-13H2,1H3,(H,26,29)(H,27,30). The Balaban J connectivity index is 1.43. The molecule has 2 aromatic carbocycles. The van der Waals surface area contributed by atoms with Crippen molar-refractivity contribution in [1.82, 2.24) is 5.32 Å². The van der Waals surface area contributed by atoms with Crippen LogP contribution in [0.4, 0.5) is 20.2 Å². The Bertz CT molecular complexity index is 898. The molecule has 1 aliphatic heterocycles. The lowest BCUT2D eigenvalue weighted by atomic mass is 10.1. The van der Waals surface area contributed by atoms with E-state index in [1.165, 1.54) is 18.9 Å². The van der Waals surface area contributed by atoms with Gasteiger partial charge in [0.25, 0.3) is 0 Å². The highest BCUT2D eigenvalue weighted by Gasteiger charge is 2.15. The second-order valence-electron chi connectivity index (χ2n) is 7.71. The maximum absolute atomic E-state index is 13.2. The van der Waals surface area contributed by atoms with Crippen LogP contribution in [-0.2, 0) is 16.0 Å². The molecule has 1 unspecified atom stereocenters. The Morgan fingerprint density at radius 1 is 1.03 bits per heavy atom. The Morgan fingerprint density at radius 3 is 2.53 bits per heavy atom. The smallest absolute Gasteiger partial charge is 0.226 e. The van der Waals surface area contributed by atoms with E-state index >= 15 is 0 Å². The fourth-order valence-electron chi connectivity index (χ4n) is 3.60. The number of anilines is 2. The van der Waals surface area contributed by atoms with Crippen molar-refractivity contribution in [3.63, 3.8) is 0 Å². The first-order chi connectivity index (χ1) is 14.4. The molecule has 2 aromatic rings. The molecule has 7 heteroatoms. The summed E-state index contributed by atoms with van der Waals surface area (Å²) >= 11 is 0. The minimum Gasteiger partial charge on any atom is -0.371 e. The van der Waals surface area contributed by atoms with Crippen LogP contribution in [0.5, 0.6) is 0 Å². The molecular formula is C23H27F2N3O2. The second-order valence-corrected chi connectivity index (χ2v) is 7.71. The predicted molar refractivity (Wildman–Crippen MR) is 113 cm³/mol. The number of benzene rings is 2. The molecule has 1 aliphatic rings. The molecule has 160 valence electrons. The van der Waals surface area contributed by atoms with Crippen molar-refractivity contribution in [3.8, 4) is 0 Å². The van der Waals surface area contributed by atoms with E-state index in [0.29, 0.717) is 12.0 Å². The molecule has 1 saturated heterocycles. The monoisotopic (exact) mass is 415 g/mol. The van der Waals surface area contributed by atoms with Gasteiger partial charge in [-0.15, -0.1) is 0 Å². The summed E-state index contributed by atoms with van der Waals surface area (Å²) in [6.07, 6.45) is 2.94. The molecule has 1 heterocycles. The van der Waals surface area contributed by atoms with E-state index in [9.17, 15) is 18.4 Å². The van der Waals surface area contributed by atoms with Crippen LogP contribution < -0.4 is 15.5 Å². The first-order valence-electron chi connectivity index (χ1n) is 10.3. The lowest BCUT2D eigenvalue weighted by molar-refractivity contribution is -0.122. The fourth-order valence-corrected chi connectivity index (χ4v) is 3.60. The van der Waals surface area contributed by atoms with Gasteiger partial charge < -0.3 is 15.5 Å². The molecular weight excluding hydrogens is 388 g/mol. The highest BCUT2D eigenvalue weighted by atomic mass is 19.2. The van der Waals surface area contributed by atoms with Crippen molar-refractivity contribution in [1.29, 1.82) is 0 Å². The SMILES string of the molecule is CC(CC(=O)Nc1cccc(N2CCCC2)c1)NC(=O)CCc1ccc(F)c(F)c1. The third kappa shape index (κ3) is 6.27. The van der Waals surface area contributed by atoms with Gasteiger partial charge in [0, 0.05) is 43.3 Å². The van der Waals surface area contributed by atoms with Crippen LogP contribution in [0.2, 0.25) is 0 Å². The zero-order chi connectivity index (χ0) is 21.5. The zero-order valence-electron chi connectivity index (χ0n) is 17.1. The molecule has 3 rings (SSSR count). The molecule has 2 N–H and O–H groups in total. The van der Waals surface area contributed by atoms with Gasteiger partial charge in [0.15, 0.2) is 11.6 Å². The molecule has 5 nitrogen and oxygen atoms in total. The van der Waals surface area contributed by atoms with Gasteiger partial charge in [0.05, 0.1) is 0 Å².